The van der Waals surface area contributed by atoms with Crippen molar-refractivity contribution < 1.29 is 20.6 Å². The number of hydrogen-bond donors (Lipinski definition) is 1. The number of nitrogens with two attached hydrogens (primary N) is 1. The zero-order valence-electron chi connectivity index (χ0n) is 27.2. The molecule has 1 aliphatic carbocycles. The number of terminal acetylenes is 1. The summed E-state index contributed by atoms with van der Waals surface area (Å²) >= 11 is 6.46. The average molecular weight is 649 g/mol. The quantitative estimate of drug-likeness (QED) is 0.187. The molecule has 0 radical (unpaired) electrons. The first-order valence-electron chi connectivity index (χ1n) is 16.8. The van der Waals surface area contributed by atoms with E-state index < -0.39 is 48.4 Å². The largest absolute Gasteiger partial charge is 0.461 e. The molecular formula is C35H34ClF3N6O. The van der Waals surface area contributed by atoms with E-state index in [4.69, 9.17) is 31.2 Å². The summed E-state index contributed by atoms with van der Waals surface area (Å²) in [7, 11) is 0. The lowest BCUT2D eigenvalue weighted by Gasteiger charge is -2.33. The summed E-state index contributed by atoms with van der Waals surface area (Å²) in [6.45, 7) is 0.318. The molecule has 1 saturated carbocycles. The molecule has 2 N–H and O–H groups in total. The molecule has 4 aliphatic rings. The van der Waals surface area contributed by atoms with Crippen LogP contribution in [0.15, 0.2) is 30.5 Å². The van der Waals surface area contributed by atoms with Gasteiger partial charge in [0, 0.05) is 47.8 Å². The molecule has 4 aromatic rings. The highest BCUT2D eigenvalue weighted by Gasteiger charge is 2.56. The van der Waals surface area contributed by atoms with Crippen LogP contribution in [0, 0.1) is 24.1 Å². The van der Waals surface area contributed by atoms with Crippen molar-refractivity contribution >= 4 is 44.8 Å². The Morgan fingerprint density at radius 3 is 2.89 bits per heavy atom. The minimum atomic E-state index is -2.43. The van der Waals surface area contributed by atoms with Crippen molar-refractivity contribution in [1.82, 2.24) is 19.9 Å². The molecule has 0 amide bonds. The van der Waals surface area contributed by atoms with Gasteiger partial charge in [0.25, 0.3) is 0 Å². The van der Waals surface area contributed by atoms with Crippen LogP contribution in [0.2, 0.25) is 5.02 Å². The van der Waals surface area contributed by atoms with E-state index in [-0.39, 0.29) is 34.8 Å². The number of ether oxygens (including phenoxy) is 1. The summed E-state index contributed by atoms with van der Waals surface area (Å²) in [5.41, 5.74) is 5.71. The second kappa shape index (κ2) is 10.9. The van der Waals surface area contributed by atoms with E-state index in [0.717, 1.165) is 19.3 Å². The zero-order valence-corrected chi connectivity index (χ0v) is 26.0. The number of halogens is 4. The molecule has 3 saturated heterocycles. The Labute approximate surface area is 273 Å². The first-order chi connectivity index (χ1) is 23.0. The number of nitrogen functional groups attached to an aromatic ring is 1. The summed E-state index contributed by atoms with van der Waals surface area (Å²) < 4.78 is 71.4. The monoisotopic (exact) mass is 648 g/mol. The number of rotatable bonds is 5. The highest BCUT2D eigenvalue weighted by Crippen LogP contribution is 2.48. The van der Waals surface area contributed by atoms with E-state index in [1.54, 1.807) is 31.2 Å². The van der Waals surface area contributed by atoms with Crippen LogP contribution < -0.4 is 15.4 Å². The Bertz CT molecular complexity index is 2030. The van der Waals surface area contributed by atoms with Crippen LogP contribution in [0.5, 0.6) is 6.01 Å². The number of alkyl halides is 2. The van der Waals surface area contributed by atoms with Crippen LogP contribution in [-0.2, 0) is 0 Å². The van der Waals surface area contributed by atoms with Gasteiger partial charge in [-0.25, -0.2) is 13.2 Å². The highest BCUT2D eigenvalue weighted by molar-refractivity contribution is 6.33. The molecule has 0 unspecified atom stereocenters. The first-order valence-corrected chi connectivity index (χ1v) is 16.2. The maximum atomic E-state index is 17.0. The molecule has 5 heterocycles. The van der Waals surface area contributed by atoms with E-state index in [2.05, 4.69) is 20.9 Å². The minimum absolute atomic E-state index is 0.0496. The number of aromatic nitrogens is 3. The predicted octanol–water partition coefficient (Wildman–Crippen LogP) is 6.87. The Morgan fingerprint density at radius 1 is 1.22 bits per heavy atom. The average Bonchev–Trinajstić information content (AvgIpc) is 3.45. The molecule has 238 valence electrons. The van der Waals surface area contributed by atoms with Gasteiger partial charge in [0.1, 0.15) is 35.9 Å². The van der Waals surface area contributed by atoms with Gasteiger partial charge in [0.2, 0.25) is 0 Å². The van der Waals surface area contributed by atoms with E-state index in [1.165, 1.54) is 6.20 Å². The van der Waals surface area contributed by atoms with E-state index in [9.17, 15) is 0 Å². The van der Waals surface area contributed by atoms with Crippen molar-refractivity contribution in [3.63, 3.8) is 0 Å². The molecule has 2 aromatic carbocycles. The Balaban J connectivity index is 1.32. The molecule has 6 atom stereocenters. The van der Waals surface area contributed by atoms with Gasteiger partial charge in [-0.3, -0.25) is 9.88 Å². The second-order valence-corrected chi connectivity index (χ2v) is 13.4. The number of nitrogens with zero attached hydrogens (tertiary/aromatic N) is 5. The maximum Gasteiger partial charge on any atom is 0.319 e. The predicted molar refractivity (Wildman–Crippen MR) is 174 cm³/mol. The molecule has 4 fully saturated rings. The van der Waals surface area contributed by atoms with Gasteiger partial charge in [0.15, 0.2) is 5.82 Å². The van der Waals surface area contributed by atoms with Gasteiger partial charge >= 0.3 is 6.01 Å². The maximum absolute atomic E-state index is 17.0. The van der Waals surface area contributed by atoms with Crippen LogP contribution >= 0.6 is 11.6 Å². The van der Waals surface area contributed by atoms with E-state index in [0.29, 0.717) is 58.5 Å². The van der Waals surface area contributed by atoms with Crippen LogP contribution in [0.25, 0.3) is 32.9 Å². The first kappa shape index (κ1) is 27.3. The van der Waals surface area contributed by atoms with E-state index >= 15 is 13.2 Å². The van der Waals surface area contributed by atoms with Crippen molar-refractivity contribution in [3.05, 3.63) is 46.9 Å². The fourth-order valence-corrected chi connectivity index (χ4v) is 8.28. The Kier molecular flexibility index (Phi) is 6.46. The molecule has 3 aliphatic heterocycles. The van der Waals surface area contributed by atoms with Crippen molar-refractivity contribution in [2.75, 3.05) is 30.3 Å². The molecular weight excluding hydrogens is 613 g/mol. The third kappa shape index (κ3) is 4.49. The molecule has 2 aromatic heterocycles. The van der Waals surface area contributed by atoms with Crippen molar-refractivity contribution in [2.45, 2.75) is 75.4 Å². The molecule has 0 bridgehead atoms. The van der Waals surface area contributed by atoms with Crippen LogP contribution in [0.3, 0.4) is 0 Å². The number of anilines is 2. The second-order valence-electron chi connectivity index (χ2n) is 13.0. The Hall–Kier alpha value is -3.81. The van der Waals surface area contributed by atoms with Gasteiger partial charge < -0.3 is 15.4 Å². The highest BCUT2D eigenvalue weighted by atomic mass is 35.5. The van der Waals surface area contributed by atoms with E-state index in [1.807, 2.05) is 9.80 Å². The lowest BCUT2D eigenvalue weighted by Crippen LogP contribution is -2.46. The molecule has 8 rings (SSSR count). The van der Waals surface area contributed by atoms with Crippen molar-refractivity contribution in [3.8, 4) is 29.6 Å². The molecule has 7 nitrogen and oxygen atoms in total. The topological polar surface area (TPSA) is 80.4 Å². The van der Waals surface area contributed by atoms with Gasteiger partial charge in [-0.2, -0.15) is 9.97 Å². The third-order valence-electron chi connectivity index (χ3n) is 10.4. The van der Waals surface area contributed by atoms with Crippen molar-refractivity contribution in [2.24, 2.45) is 5.92 Å². The summed E-state index contributed by atoms with van der Waals surface area (Å²) in [4.78, 5) is 17.3. The van der Waals surface area contributed by atoms with Crippen LogP contribution in [0.4, 0.5) is 24.7 Å². The normalized spacial score (nSPS) is 30.0. The number of benzene rings is 2. The van der Waals surface area contributed by atoms with Crippen molar-refractivity contribution in [1.29, 1.82) is 0 Å². The van der Waals surface area contributed by atoms with Gasteiger partial charge in [-0.1, -0.05) is 30.0 Å². The number of hydrogen-bond acceptors (Lipinski definition) is 7. The van der Waals surface area contributed by atoms with Crippen LogP contribution in [0.1, 0.15) is 53.8 Å². The van der Waals surface area contributed by atoms with Crippen LogP contribution in [-0.4, -0.2) is 69.5 Å². The Morgan fingerprint density at radius 2 is 2.07 bits per heavy atom. The fraction of sp³-hybridized carbons (Fsp3) is 0.457. The fourth-order valence-electron chi connectivity index (χ4n) is 8.06. The summed E-state index contributed by atoms with van der Waals surface area (Å²) in [6.07, 6.45) is 8.34. The standard InChI is InChI=1S/C35H34ClF3N6O/c1-3-21-25(36)9-8-19-13-20(40)14-23(27(19)21)30-29(39)31-24(16-41-30)33(44-11-5-4-7-22-28(38)32(22)44)43-34(42-31)46-17-35-10-6-12-45(35)18(2)26(37)15-35/h1,8-9,13-14,16,18,22,26,28,32H,4-7,10-12,15,17,40H2,2H3/t18-,22+,26-,28+,32+,35+/m1/s1/i17D2. The van der Waals surface area contributed by atoms with Gasteiger partial charge in [-0.15, -0.1) is 6.42 Å². The molecule has 46 heavy (non-hydrogen) atoms. The lowest BCUT2D eigenvalue weighted by atomic mass is 9.94. The number of pyridine rings is 1. The zero-order chi connectivity index (χ0) is 33.7. The minimum Gasteiger partial charge on any atom is -0.461 e. The van der Waals surface area contributed by atoms with Gasteiger partial charge in [0.05, 0.1) is 30.3 Å². The molecule has 11 heteroatoms. The summed E-state index contributed by atoms with van der Waals surface area (Å²) in [6, 6.07) is 5.30. The van der Waals surface area contributed by atoms with Gasteiger partial charge in [-0.05, 0) is 62.7 Å². The summed E-state index contributed by atoms with van der Waals surface area (Å²) in [5.74, 6) is 1.80. The lowest BCUT2D eigenvalue weighted by molar-refractivity contribution is 0.0879. The third-order valence-corrected chi connectivity index (χ3v) is 10.7. The number of fused-ring (bicyclic) bond motifs is 4. The molecule has 0 spiro atoms. The SMILES string of the molecule is [2H]C([2H])(Oc1nc(N2CCCC[C@H]3[C@H](F)[C@H]32)c2cnc(-c3cc(N)cc4ccc(Cl)c(C#C)c34)c(F)c2n1)[C@@]12CCCN1[C@H](C)[C@H](F)C2. The summed E-state index contributed by atoms with van der Waals surface area (Å²) in [5, 5.41) is 1.65. The smallest absolute Gasteiger partial charge is 0.319 e.